The number of ether oxygens (including phenoxy) is 4. The number of hydrogen-bond acceptors (Lipinski definition) is 5. The Bertz CT molecular complexity index is 455. The molecule has 0 aliphatic carbocycles. The SMILES string of the molecule is CCCO[C@@H]1OC(=O)c2c1ccc(OC)c2OC. The van der Waals surface area contributed by atoms with Crippen LogP contribution in [0.25, 0.3) is 0 Å². The van der Waals surface area contributed by atoms with Gasteiger partial charge in [-0.05, 0) is 18.6 Å². The maximum atomic E-state index is 11.8. The Morgan fingerprint density at radius 2 is 2.06 bits per heavy atom. The number of fused-ring (bicyclic) bond motifs is 1. The van der Waals surface area contributed by atoms with Crippen LogP contribution >= 0.6 is 0 Å². The number of methoxy groups -OCH3 is 2. The van der Waals surface area contributed by atoms with E-state index in [2.05, 4.69) is 0 Å². The van der Waals surface area contributed by atoms with Gasteiger partial charge in [0, 0.05) is 5.56 Å². The van der Waals surface area contributed by atoms with Gasteiger partial charge in [0.15, 0.2) is 11.5 Å². The summed E-state index contributed by atoms with van der Waals surface area (Å²) in [5.74, 6) is 0.453. The highest BCUT2D eigenvalue weighted by molar-refractivity contribution is 5.97. The van der Waals surface area contributed by atoms with E-state index in [1.165, 1.54) is 14.2 Å². The number of carbonyl (C=O) groups excluding carboxylic acids is 1. The van der Waals surface area contributed by atoms with E-state index in [0.717, 1.165) is 6.42 Å². The van der Waals surface area contributed by atoms with Crippen molar-refractivity contribution in [2.24, 2.45) is 0 Å². The van der Waals surface area contributed by atoms with Crippen molar-refractivity contribution in [3.05, 3.63) is 23.3 Å². The molecule has 0 radical (unpaired) electrons. The average molecular weight is 252 g/mol. The lowest BCUT2D eigenvalue weighted by molar-refractivity contribution is -0.103. The molecule has 5 heteroatoms. The molecule has 1 aromatic rings. The van der Waals surface area contributed by atoms with Gasteiger partial charge in [0.05, 0.1) is 20.8 Å². The first-order valence-corrected chi connectivity index (χ1v) is 5.80. The van der Waals surface area contributed by atoms with E-state index in [1.54, 1.807) is 12.1 Å². The van der Waals surface area contributed by atoms with Crippen molar-refractivity contribution in [3.8, 4) is 11.5 Å². The van der Waals surface area contributed by atoms with Crippen LogP contribution in [0.2, 0.25) is 0 Å². The Kier molecular flexibility index (Phi) is 3.72. The number of hydrogen-bond donors (Lipinski definition) is 0. The number of benzene rings is 1. The lowest BCUT2D eigenvalue weighted by atomic mass is 10.1. The lowest BCUT2D eigenvalue weighted by Gasteiger charge is -2.12. The van der Waals surface area contributed by atoms with E-state index >= 15 is 0 Å². The molecule has 1 aliphatic heterocycles. The molecule has 1 aromatic carbocycles. The third kappa shape index (κ3) is 2.01. The van der Waals surface area contributed by atoms with Crippen molar-refractivity contribution < 1.29 is 23.7 Å². The standard InChI is InChI=1S/C13H16O5/c1-4-7-17-13-8-5-6-9(15-2)11(16-3)10(8)12(14)18-13/h5-6,13H,4,7H2,1-3H3/t13-/m1/s1. The van der Waals surface area contributed by atoms with Gasteiger partial charge in [-0.1, -0.05) is 6.92 Å². The Morgan fingerprint density at radius 1 is 1.28 bits per heavy atom. The van der Waals surface area contributed by atoms with Crippen molar-refractivity contribution in [3.63, 3.8) is 0 Å². The summed E-state index contributed by atoms with van der Waals surface area (Å²) >= 11 is 0. The largest absolute Gasteiger partial charge is 0.493 e. The number of esters is 1. The third-order valence-electron chi connectivity index (χ3n) is 2.72. The van der Waals surface area contributed by atoms with E-state index in [0.29, 0.717) is 29.2 Å². The summed E-state index contributed by atoms with van der Waals surface area (Å²) in [5, 5.41) is 0. The van der Waals surface area contributed by atoms with Crippen LogP contribution in [0.15, 0.2) is 12.1 Å². The summed E-state index contributed by atoms with van der Waals surface area (Å²) in [6.45, 7) is 2.53. The Morgan fingerprint density at radius 3 is 2.67 bits per heavy atom. The predicted molar refractivity (Wildman–Crippen MR) is 63.9 cm³/mol. The fourth-order valence-electron chi connectivity index (χ4n) is 1.92. The van der Waals surface area contributed by atoms with Crippen molar-refractivity contribution in [1.82, 2.24) is 0 Å². The summed E-state index contributed by atoms with van der Waals surface area (Å²) in [6.07, 6.45) is 0.212. The molecule has 0 amide bonds. The second kappa shape index (κ2) is 5.27. The first-order valence-electron chi connectivity index (χ1n) is 5.80. The maximum absolute atomic E-state index is 11.8. The van der Waals surface area contributed by atoms with Crippen LogP contribution in [-0.4, -0.2) is 26.8 Å². The van der Waals surface area contributed by atoms with Gasteiger partial charge in [-0.25, -0.2) is 4.79 Å². The van der Waals surface area contributed by atoms with Gasteiger partial charge in [0.25, 0.3) is 0 Å². The normalized spacial score (nSPS) is 17.3. The van der Waals surface area contributed by atoms with Gasteiger partial charge in [0.2, 0.25) is 6.29 Å². The van der Waals surface area contributed by atoms with Crippen molar-refractivity contribution in [2.45, 2.75) is 19.6 Å². The Balaban J connectivity index is 2.41. The minimum absolute atomic E-state index is 0.387. The van der Waals surface area contributed by atoms with E-state index in [1.807, 2.05) is 6.92 Å². The average Bonchev–Trinajstić information content (AvgIpc) is 2.72. The smallest absolute Gasteiger partial charge is 0.345 e. The minimum Gasteiger partial charge on any atom is -0.493 e. The van der Waals surface area contributed by atoms with Crippen LogP contribution in [0.5, 0.6) is 11.5 Å². The van der Waals surface area contributed by atoms with Crippen LogP contribution in [0.1, 0.15) is 35.6 Å². The van der Waals surface area contributed by atoms with Crippen LogP contribution < -0.4 is 9.47 Å². The van der Waals surface area contributed by atoms with Crippen LogP contribution in [0.3, 0.4) is 0 Å². The minimum atomic E-state index is -0.646. The summed E-state index contributed by atoms with van der Waals surface area (Å²) in [5.41, 5.74) is 1.07. The van der Waals surface area contributed by atoms with Crippen LogP contribution in [-0.2, 0) is 9.47 Å². The summed E-state index contributed by atoms with van der Waals surface area (Å²) < 4.78 is 21.0. The number of carbonyl (C=O) groups is 1. The molecule has 0 unspecified atom stereocenters. The quantitative estimate of drug-likeness (QED) is 0.752. The molecule has 0 saturated heterocycles. The third-order valence-corrected chi connectivity index (χ3v) is 2.72. The zero-order valence-electron chi connectivity index (χ0n) is 10.7. The van der Waals surface area contributed by atoms with Crippen molar-refractivity contribution in [1.29, 1.82) is 0 Å². The van der Waals surface area contributed by atoms with Gasteiger partial charge >= 0.3 is 5.97 Å². The zero-order valence-corrected chi connectivity index (χ0v) is 10.7. The van der Waals surface area contributed by atoms with E-state index in [-0.39, 0.29) is 0 Å². The van der Waals surface area contributed by atoms with Crippen LogP contribution in [0.4, 0.5) is 0 Å². The molecule has 0 bridgehead atoms. The second-order valence-electron chi connectivity index (χ2n) is 3.87. The van der Waals surface area contributed by atoms with E-state index < -0.39 is 12.3 Å². The van der Waals surface area contributed by atoms with E-state index in [9.17, 15) is 4.79 Å². The molecule has 1 atom stereocenters. The van der Waals surface area contributed by atoms with Gasteiger partial charge < -0.3 is 18.9 Å². The summed E-state index contributed by atoms with van der Waals surface area (Å²) in [7, 11) is 3.02. The molecule has 18 heavy (non-hydrogen) atoms. The first-order chi connectivity index (χ1) is 8.72. The summed E-state index contributed by atoms with van der Waals surface area (Å²) in [6, 6.07) is 3.50. The second-order valence-corrected chi connectivity index (χ2v) is 3.87. The molecule has 1 heterocycles. The molecule has 0 saturated carbocycles. The predicted octanol–water partition coefficient (Wildman–Crippen LogP) is 2.30. The van der Waals surface area contributed by atoms with Crippen molar-refractivity contribution >= 4 is 5.97 Å². The molecular weight excluding hydrogens is 236 g/mol. The highest BCUT2D eigenvalue weighted by Crippen LogP contribution is 2.42. The monoisotopic (exact) mass is 252 g/mol. The topological polar surface area (TPSA) is 54.0 Å². The fraction of sp³-hybridized carbons (Fsp3) is 0.462. The van der Waals surface area contributed by atoms with Gasteiger partial charge in [-0.3, -0.25) is 0 Å². The first kappa shape index (κ1) is 12.7. The molecule has 2 rings (SSSR count). The Hall–Kier alpha value is -1.75. The molecule has 1 aliphatic rings. The molecule has 0 spiro atoms. The molecule has 98 valence electrons. The maximum Gasteiger partial charge on any atom is 0.345 e. The molecule has 5 nitrogen and oxygen atoms in total. The molecule has 0 fully saturated rings. The number of cyclic esters (lactones) is 1. The highest BCUT2D eigenvalue weighted by Gasteiger charge is 2.36. The van der Waals surface area contributed by atoms with Crippen molar-refractivity contribution in [2.75, 3.05) is 20.8 Å². The van der Waals surface area contributed by atoms with Gasteiger partial charge in [-0.15, -0.1) is 0 Å². The fourth-order valence-corrected chi connectivity index (χ4v) is 1.92. The Labute approximate surface area is 106 Å². The van der Waals surface area contributed by atoms with Crippen LogP contribution in [0, 0.1) is 0 Å². The van der Waals surface area contributed by atoms with Gasteiger partial charge in [-0.2, -0.15) is 0 Å². The highest BCUT2D eigenvalue weighted by atomic mass is 16.7. The summed E-state index contributed by atoms with van der Waals surface area (Å²) in [4.78, 5) is 11.8. The zero-order chi connectivity index (χ0) is 13.1. The van der Waals surface area contributed by atoms with E-state index in [4.69, 9.17) is 18.9 Å². The van der Waals surface area contributed by atoms with Gasteiger partial charge in [0.1, 0.15) is 5.56 Å². The molecular formula is C13H16O5. The number of rotatable bonds is 5. The molecule has 0 aromatic heterocycles. The molecule has 0 N–H and O–H groups in total. The lowest BCUT2D eigenvalue weighted by Crippen LogP contribution is -2.04.